The lowest BCUT2D eigenvalue weighted by atomic mass is 10.0. The van der Waals surface area contributed by atoms with E-state index in [1.165, 1.54) is 0 Å². The molecule has 1 unspecified atom stereocenters. The van der Waals surface area contributed by atoms with Gasteiger partial charge in [0.05, 0.1) is 11.5 Å². The lowest BCUT2D eigenvalue weighted by molar-refractivity contribution is -0.137. The minimum Gasteiger partial charge on any atom is -0.354 e. The average Bonchev–Trinajstić information content (AvgIpc) is 3.10. The minimum atomic E-state index is -3.03. The first-order valence-electron chi connectivity index (χ1n) is 7.20. The van der Waals surface area contributed by atoms with Crippen LogP contribution in [0.4, 0.5) is 0 Å². The molecule has 0 aromatic heterocycles. The van der Waals surface area contributed by atoms with Crippen LogP contribution in [0.15, 0.2) is 0 Å². The molecular weight excluding hydrogens is 294 g/mol. The number of rotatable bonds is 6. The molecule has 0 aromatic rings. The molecule has 1 aliphatic heterocycles. The molecule has 0 radical (unpaired) electrons. The van der Waals surface area contributed by atoms with E-state index in [2.05, 4.69) is 10.6 Å². The van der Waals surface area contributed by atoms with Gasteiger partial charge in [-0.2, -0.15) is 0 Å². The standard InChI is InChI=1S/C13H23N3O4S/c1-16(2)7-6-14-11(17)13(4-5-13)12(18)15-10-3-8-21(19,20)9-10/h10H,3-9H2,1-2H3,(H,14,17)(H,15,18). The topological polar surface area (TPSA) is 95.6 Å². The molecule has 1 heterocycles. The molecule has 2 amide bonds. The molecule has 0 aromatic carbocycles. The van der Waals surface area contributed by atoms with Gasteiger partial charge in [0.15, 0.2) is 9.84 Å². The highest BCUT2D eigenvalue weighted by Crippen LogP contribution is 2.46. The fourth-order valence-electron chi connectivity index (χ4n) is 2.48. The summed E-state index contributed by atoms with van der Waals surface area (Å²) in [7, 11) is 0.787. The summed E-state index contributed by atoms with van der Waals surface area (Å²) in [6.45, 7) is 1.21. The van der Waals surface area contributed by atoms with E-state index < -0.39 is 15.3 Å². The second kappa shape index (κ2) is 5.92. The van der Waals surface area contributed by atoms with Gasteiger partial charge in [0.25, 0.3) is 0 Å². The van der Waals surface area contributed by atoms with E-state index in [1.54, 1.807) is 0 Å². The maximum atomic E-state index is 12.3. The zero-order valence-corrected chi connectivity index (χ0v) is 13.3. The molecule has 2 rings (SSSR count). The van der Waals surface area contributed by atoms with Crippen LogP contribution < -0.4 is 10.6 Å². The Hall–Kier alpha value is -1.15. The zero-order chi connectivity index (χ0) is 15.7. The molecule has 8 heteroatoms. The van der Waals surface area contributed by atoms with Gasteiger partial charge >= 0.3 is 0 Å². The molecule has 2 N–H and O–H groups in total. The molecule has 21 heavy (non-hydrogen) atoms. The summed E-state index contributed by atoms with van der Waals surface area (Å²) < 4.78 is 22.8. The van der Waals surface area contributed by atoms with Gasteiger partial charge in [-0.1, -0.05) is 0 Å². The minimum absolute atomic E-state index is 0.0168. The Morgan fingerprint density at radius 1 is 1.24 bits per heavy atom. The molecule has 7 nitrogen and oxygen atoms in total. The molecule has 0 bridgehead atoms. The van der Waals surface area contributed by atoms with Crippen molar-refractivity contribution in [3.8, 4) is 0 Å². The Labute approximate surface area is 125 Å². The fourth-order valence-corrected chi connectivity index (χ4v) is 4.15. The van der Waals surface area contributed by atoms with Gasteiger partial charge in [-0.15, -0.1) is 0 Å². The van der Waals surface area contributed by atoms with E-state index in [0.29, 0.717) is 32.4 Å². The van der Waals surface area contributed by atoms with Gasteiger partial charge in [-0.3, -0.25) is 9.59 Å². The van der Waals surface area contributed by atoms with Crippen molar-refractivity contribution in [3.63, 3.8) is 0 Å². The third kappa shape index (κ3) is 3.94. The SMILES string of the molecule is CN(C)CCNC(=O)C1(C(=O)NC2CCS(=O)(=O)C2)CC1. The van der Waals surface area contributed by atoms with E-state index in [-0.39, 0.29) is 29.4 Å². The molecular formula is C13H23N3O4S. The number of carbonyl (C=O) groups excluding carboxylic acids is 2. The van der Waals surface area contributed by atoms with Crippen molar-refractivity contribution in [1.29, 1.82) is 0 Å². The van der Waals surface area contributed by atoms with Crippen molar-refractivity contribution in [2.75, 3.05) is 38.7 Å². The van der Waals surface area contributed by atoms with Crippen molar-refractivity contribution < 1.29 is 18.0 Å². The van der Waals surface area contributed by atoms with Crippen molar-refractivity contribution in [3.05, 3.63) is 0 Å². The van der Waals surface area contributed by atoms with E-state index in [1.807, 2.05) is 19.0 Å². The van der Waals surface area contributed by atoms with Gasteiger partial charge in [0.1, 0.15) is 5.41 Å². The van der Waals surface area contributed by atoms with E-state index >= 15 is 0 Å². The number of hydrogen-bond acceptors (Lipinski definition) is 5. The Kier molecular flexibility index (Phi) is 4.57. The largest absolute Gasteiger partial charge is 0.354 e. The van der Waals surface area contributed by atoms with E-state index in [9.17, 15) is 18.0 Å². The molecule has 0 spiro atoms. The van der Waals surface area contributed by atoms with E-state index in [4.69, 9.17) is 0 Å². The van der Waals surface area contributed by atoms with E-state index in [0.717, 1.165) is 0 Å². The number of nitrogens with zero attached hydrogens (tertiary/aromatic N) is 1. The molecule has 1 atom stereocenters. The highest BCUT2D eigenvalue weighted by Gasteiger charge is 2.56. The summed E-state index contributed by atoms with van der Waals surface area (Å²) in [6.07, 6.45) is 1.50. The summed E-state index contributed by atoms with van der Waals surface area (Å²) in [5, 5.41) is 5.51. The van der Waals surface area contributed by atoms with Gasteiger partial charge in [-0.05, 0) is 33.4 Å². The monoisotopic (exact) mass is 317 g/mol. The summed E-state index contributed by atoms with van der Waals surface area (Å²) in [5.41, 5.74) is -0.974. The maximum absolute atomic E-state index is 12.3. The van der Waals surface area contributed by atoms with Gasteiger partial charge in [0.2, 0.25) is 11.8 Å². The van der Waals surface area contributed by atoms with Gasteiger partial charge in [-0.25, -0.2) is 8.42 Å². The summed E-state index contributed by atoms with van der Waals surface area (Å²) >= 11 is 0. The number of sulfone groups is 1. The average molecular weight is 317 g/mol. The molecule has 2 fully saturated rings. The smallest absolute Gasteiger partial charge is 0.235 e. The molecule has 1 saturated carbocycles. The van der Waals surface area contributed by atoms with Crippen molar-refractivity contribution in [1.82, 2.24) is 15.5 Å². The number of carbonyl (C=O) groups is 2. The number of likely N-dealkylation sites (N-methyl/N-ethyl adjacent to an activating group) is 1. The third-order valence-corrected chi connectivity index (χ3v) is 5.80. The van der Waals surface area contributed by atoms with Crippen LogP contribution in [0, 0.1) is 5.41 Å². The van der Waals surface area contributed by atoms with Crippen LogP contribution in [0.5, 0.6) is 0 Å². The second-order valence-corrected chi connectivity index (χ2v) is 8.44. The fraction of sp³-hybridized carbons (Fsp3) is 0.846. The van der Waals surface area contributed by atoms with Crippen LogP contribution in [0.3, 0.4) is 0 Å². The predicted molar refractivity (Wildman–Crippen MR) is 78.4 cm³/mol. The highest BCUT2D eigenvalue weighted by atomic mass is 32.2. The van der Waals surface area contributed by atoms with Crippen molar-refractivity contribution in [2.24, 2.45) is 5.41 Å². The Bertz CT molecular complexity index is 526. The summed E-state index contributed by atoms with van der Waals surface area (Å²) in [5.74, 6) is -0.480. The summed E-state index contributed by atoms with van der Waals surface area (Å²) in [4.78, 5) is 26.3. The molecule has 2 aliphatic rings. The number of nitrogens with one attached hydrogen (secondary N) is 2. The van der Waals surface area contributed by atoms with Crippen LogP contribution in [0.2, 0.25) is 0 Å². The second-order valence-electron chi connectivity index (χ2n) is 6.21. The molecule has 120 valence electrons. The zero-order valence-electron chi connectivity index (χ0n) is 12.5. The van der Waals surface area contributed by atoms with Crippen LogP contribution in [-0.2, 0) is 19.4 Å². The van der Waals surface area contributed by atoms with Crippen LogP contribution in [-0.4, -0.2) is 69.9 Å². The van der Waals surface area contributed by atoms with Crippen molar-refractivity contribution in [2.45, 2.75) is 25.3 Å². The Morgan fingerprint density at radius 3 is 2.38 bits per heavy atom. The number of amides is 2. The highest BCUT2D eigenvalue weighted by molar-refractivity contribution is 7.91. The first-order chi connectivity index (χ1) is 9.75. The maximum Gasteiger partial charge on any atom is 0.235 e. The number of hydrogen-bond donors (Lipinski definition) is 2. The quantitative estimate of drug-likeness (QED) is 0.597. The lowest BCUT2D eigenvalue weighted by Crippen LogP contribution is -2.47. The first kappa shape index (κ1) is 16.2. The lowest BCUT2D eigenvalue weighted by Gasteiger charge is -2.19. The summed E-state index contributed by atoms with van der Waals surface area (Å²) in [6, 6.07) is -0.352. The first-order valence-corrected chi connectivity index (χ1v) is 9.02. The van der Waals surface area contributed by atoms with Crippen molar-refractivity contribution >= 4 is 21.7 Å². The van der Waals surface area contributed by atoms with Gasteiger partial charge in [0, 0.05) is 19.1 Å². The van der Waals surface area contributed by atoms with Gasteiger partial charge < -0.3 is 15.5 Å². The predicted octanol–water partition coefficient (Wildman–Crippen LogP) is -1.25. The van der Waals surface area contributed by atoms with Crippen LogP contribution in [0.25, 0.3) is 0 Å². The molecule has 1 saturated heterocycles. The third-order valence-electron chi connectivity index (χ3n) is 4.03. The molecule has 1 aliphatic carbocycles. The Morgan fingerprint density at radius 2 is 1.90 bits per heavy atom. The normalized spacial score (nSPS) is 25.6. The van der Waals surface area contributed by atoms with Crippen LogP contribution >= 0.6 is 0 Å². The Balaban J connectivity index is 1.85. The van der Waals surface area contributed by atoms with Crippen LogP contribution in [0.1, 0.15) is 19.3 Å².